The molecule has 13 heavy (non-hydrogen) atoms. The van der Waals surface area contributed by atoms with Crippen LogP contribution in [0.4, 0.5) is 0 Å². The molecule has 0 amide bonds. The molecule has 74 valence electrons. The molecule has 2 rings (SSSR count). The fourth-order valence-corrected chi connectivity index (χ4v) is 3.09. The van der Waals surface area contributed by atoms with Crippen LogP contribution in [0, 0.1) is 5.41 Å². The van der Waals surface area contributed by atoms with E-state index in [0.717, 1.165) is 0 Å². The van der Waals surface area contributed by atoms with E-state index < -0.39 is 0 Å². The van der Waals surface area contributed by atoms with Crippen molar-refractivity contribution in [2.45, 2.75) is 26.2 Å². The molecule has 0 aromatic carbocycles. The van der Waals surface area contributed by atoms with Gasteiger partial charge in [0.15, 0.2) is 7.98 Å². The van der Waals surface area contributed by atoms with E-state index in [0.29, 0.717) is 5.41 Å². The highest BCUT2D eigenvalue weighted by Crippen LogP contribution is 2.38. The number of likely N-dealkylation sites (tertiary alicyclic amines) is 1. The zero-order chi connectivity index (χ0) is 9.31. The van der Waals surface area contributed by atoms with Gasteiger partial charge in [-0.15, -0.1) is 0 Å². The summed E-state index contributed by atoms with van der Waals surface area (Å²) >= 11 is 0. The number of hydrogen-bond acceptors (Lipinski definition) is 2. The van der Waals surface area contributed by atoms with Crippen LogP contribution < -0.4 is 0 Å². The van der Waals surface area contributed by atoms with E-state index in [1.165, 1.54) is 52.0 Å². The largest absolute Gasteiger partial charge is 0.348 e. The third-order valence-corrected chi connectivity index (χ3v) is 3.82. The SMILES string of the molecule is BN1CCCC2(CCN(CC)C2)C1. The van der Waals surface area contributed by atoms with Crippen molar-refractivity contribution < 1.29 is 0 Å². The summed E-state index contributed by atoms with van der Waals surface area (Å²) in [6.45, 7) is 8.87. The fourth-order valence-electron chi connectivity index (χ4n) is 3.09. The molecule has 1 unspecified atom stereocenters. The second-order valence-electron chi connectivity index (χ2n) is 4.96. The number of rotatable bonds is 1. The van der Waals surface area contributed by atoms with Gasteiger partial charge < -0.3 is 9.71 Å². The first kappa shape index (κ1) is 9.54. The summed E-state index contributed by atoms with van der Waals surface area (Å²) in [7, 11) is 2.27. The molecule has 3 heteroatoms. The summed E-state index contributed by atoms with van der Waals surface area (Å²) < 4.78 is 0. The van der Waals surface area contributed by atoms with E-state index in [4.69, 9.17) is 0 Å². The zero-order valence-corrected chi connectivity index (χ0v) is 9.05. The van der Waals surface area contributed by atoms with Crippen LogP contribution in [0.25, 0.3) is 0 Å². The molecule has 2 heterocycles. The third kappa shape index (κ3) is 1.91. The Hall–Kier alpha value is -0.0151. The predicted molar refractivity (Wildman–Crippen MR) is 58.5 cm³/mol. The van der Waals surface area contributed by atoms with Crippen molar-refractivity contribution in [3.8, 4) is 0 Å². The predicted octanol–water partition coefficient (Wildman–Crippen LogP) is 0.342. The molecule has 0 radical (unpaired) electrons. The molecule has 2 aliphatic rings. The standard InChI is InChI=1S/C10H21BN2/c1-2-12-7-5-10(8-12)4-3-6-13(11)9-10/h2-9,11H2,1H3. The topological polar surface area (TPSA) is 6.48 Å². The zero-order valence-electron chi connectivity index (χ0n) is 9.05. The molecule has 2 fully saturated rings. The molecule has 2 nitrogen and oxygen atoms in total. The average Bonchev–Trinajstić information content (AvgIpc) is 2.48. The molecule has 0 aromatic rings. The van der Waals surface area contributed by atoms with Gasteiger partial charge in [0.05, 0.1) is 0 Å². The van der Waals surface area contributed by atoms with E-state index in [1.807, 2.05) is 0 Å². The van der Waals surface area contributed by atoms with Crippen molar-refractivity contribution >= 4 is 7.98 Å². The summed E-state index contributed by atoms with van der Waals surface area (Å²) in [6.07, 6.45) is 4.31. The Labute approximate surface area is 82.7 Å². The van der Waals surface area contributed by atoms with Gasteiger partial charge in [-0.3, -0.25) is 0 Å². The number of piperidine rings is 1. The minimum atomic E-state index is 0.670. The van der Waals surface area contributed by atoms with Crippen molar-refractivity contribution in [1.82, 2.24) is 9.71 Å². The van der Waals surface area contributed by atoms with Gasteiger partial charge in [0.25, 0.3) is 0 Å². The van der Waals surface area contributed by atoms with E-state index in [1.54, 1.807) is 0 Å². The minimum absolute atomic E-state index is 0.670. The molecule has 2 aliphatic heterocycles. The first-order valence-corrected chi connectivity index (χ1v) is 5.65. The van der Waals surface area contributed by atoms with Gasteiger partial charge in [-0.2, -0.15) is 0 Å². The van der Waals surface area contributed by atoms with Crippen LogP contribution in [-0.2, 0) is 0 Å². The summed E-state index contributed by atoms with van der Waals surface area (Å²) in [5, 5.41) is 0. The lowest BCUT2D eigenvalue weighted by molar-refractivity contribution is 0.152. The lowest BCUT2D eigenvalue weighted by atomic mass is 9.78. The number of hydrogen-bond donors (Lipinski definition) is 0. The Balaban J connectivity index is 1.97. The maximum atomic E-state index is 2.61. The van der Waals surface area contributed by atoms with E-state index in [2.05, 4.69) is 24.6 Å². The van der Waals surface area contributed by atoms with Crippen molar-refractivity contribution in [1.29, 1.82) is 0 Å². The Morgan fingerprint density at radius 3 is 2.69 bits per heavy atom. The molecule has 0 aromatic heterocycles. The molecule has 0 aliphatic carbocycles. The van der Waals surface area contributed by atoms with Gasteiger partial charge in [0.1, 0.15) is 0 Å². The van der Waals surface area contributed by atoms with Crippen molar-refractivity contribution in [2.75, 3.05) is 32.7 Å². The van der Waals surface area contributed by atoms with Crippen molar-refractivity contribution in [2.24, 2.45) is 5.41 Å². The highest BCUT2D eigenvalue weighted by Gasteiger charge is 2.39. The lowest BCUT2D eigenvalue weighted by Gasteiger charge is -2.39. The van der Waals surface area contributed by atoms with E-state index in [9.17, 15) is 0 Å². The molecule has 1 spiro atoms. The Kier molecular flexibility index (Phi) is 2.66. The smallest absolute Gasteiger partial charge is 0.185 e. The summed E-state index contributed by atoms with van der Waals surface area (Å²) in [4.78, 5) is 5.13. The second-order valence-corrected chi connectivity index (χ2v) is 4.96. The Morgan fingerprint density at radius 1 is 1.23 bits per heavy atom. The maximum absolute atomic E-state index is 2.61. The van der Waals surface area contributed by atoms with Crippen molar-refractivity contribution in [3.63, 3.8) is 0 Å². The highest BCUT2D eigenvalue weighted by molar-refractivity contribution is 6.04. The molecule has 0 N–H and O–H groups in total. The summed E-state index contributed by atoms with van der Waals surface area (Å²) in [5.41, 5.74) is 0.670. The van der Waals surface area contributed by atoms with Crippen LogP contribution in [0.15, 0.2) is 0 Å². The Morgan fingerprint density at radius 2 is 2.08 bits per heavy atom. The summed E-state index contributed by atoms with van der Waals surface area (Å²) in [6, 6.07) is 0. The van der Waals surface area contributed by atoms with E-state index >= 15 is 0 Å². The average molecular weight is 180 g/mol. The monoisotopic (exact) mass is 180 g/mol. The molecule has 1 atom stereocenters. The van der Waals surface area contributed by atoms with Crippen LogP contribution >= 0.6 is 0 Å². The van der Waals surface area contributed by atoms with Crippen LogP contribution in [-0.4, -0.2) is 50.4 Å². The second kappa shape index (κ2) is 3.62. The third-order valence-electron chi connectivity index (χ3n) is 3.82. The van der Waals surface area contributed by atoms with Crippen LogP contribution in [0.3, 0.4) is 0 Å². The van der Waals surface area contributed by atoms with Gasteiger partial charge in [-0.05, 0) is 50.9 Å². The van der Waals surface area contributed by atoms with Crippen LogP contribution in [0.1, 0.15) is 26.2 Å². The number of nitrogens with zero attached hydrogens (tertiary/aromatic N) is 2. The van der Waals surface area contributed by atoms with Gasteiger partial charge in [-0.1, -0.05) is 6.92 Å². The van der Waals surface area contributed by atoms with Crippen LogP contribution in [0.5, 0.6) is 0 Å². The Bertz CT molecular complexity index is 186. The highest BCUT2D eigenvalue weighted by atomic mass is 15.2. The quantitative estimate of drug-likeness (QED) is 0.537. The summed E-state index contributed by atoms with van der Waals surface area (Å²) in [5.74, 6) is 0. The van der Waals surface area contributed by atoms with Crippen LogP contribution in [0.2, 0.25) is 0 Å². The van der Waals surface area contributed by atoms with Gasteiger partial charge in [-0.25, -0.2) is 0 Å². The van der Waals surface area contributed by atoms with Gasteiger partial charge in [0, 0.05) is 6.54 Å². The van der Waals surface area contributed by atoms with E-state index in [-0.39, 0.29) is 0 Å². The lowest BCUT2D eigenvalue weighted by Crippen LogP contribution is -2.43. The molecule has 0 bridgehead atoms. The maximum Gasteiger partial charge on any atom is 0.185 e. The fraction of sp³-hybridized carbons (Fsp3) is 1.00. The van der Waals surface area contributed by atoms with Gasteiger partial charge in [0.2, 0.25) is 0 Å². The first-order valence-electron chi connectivity index (χ1n) is 5.65. The molecular weight excluding hydrogens is 159 g/mol. The van der Waals surface area contributed by atoms with Gasteiger partial charge >= 0.3 is 0 Å². The molecule has 2 saturated heterocycles. The van der Waals surface area contributed by atoms with Crippen molar-refractivity contribution in [3.05, 3.63) is 0 Å². The normalized spacial score (nSPS) is 37.3. The minimum Gasteiger partial charge on any atom is -0.348 e. The molecular formula is C10H21BN2. The molecule has 0 saturated carbocycles. The first-order chi connectivity index (χ1) is 6.24.